The van der Waals surface area contributed by atoms with Gasteiger partial charge in [0, 0.05) is 12.3 Å². The van der Waals surface area contributed by atoms with E-state index in [4.69, 9.17) is 0 Å². The van der Waals surface area contributed by atoms with Crippen LogP contribution in [0.1, 0.15) is 5.56 Å². The summed E-state index contributed by atoms with van der Waals surface area (Å²) in [6, 6.07) is 17.3. The van der Waals surface area contributed by atoms with E-state index in [1.807, 2.05) is 24.3 Å². The van der Waals surface area contributed by atoms with E-state index >= 15 is 0 Å². The van der Waals surface area contributed by atoms with Crippen molar-refractivity contribution in [3.63, 3.8) is 0 Å². The van der Waals surface area contributed by atoms with Gasteiger partial charge >= 0.3 is 0 Å². The molecule has 1 aromatic heterocycles. The van der Waals surface area contributed by atoms with Gasteiger partial charge in [-0.05, 0) is 57.9 Å². The van der Waals surface area contributed by atoms with Crippen LogP contribution in [0.15, 0.2) is 70.1 Å². The monoisotopic (exact) mass is 436 g/mol. The summed E-state index contributed by atoms with van der Waals surface area (Å²) in [7, 11) is 0. The smallest absolute Gasteiger partial charge is 0.284 e. The van der Waals surface area contributed by atoms with Gasteiger partial charge in [-0.3, -0.25) is 15.1 Å². The Morgan fingerprint density at radius 2 is 1.96 bits per heavy atom. The minimum atomic E-state index is -0.457. The minimum absolute atomic E-state index is 0.0300. The predicted octanol–water partition coefficient (Wildman–Crippen LogP) is 5.36. The van der Waals surface area contributed by atoms with Crippen molar-refractivity contribution in [1.82, 2.24) is 9.97 Å². The van der Waals surface area contributed by atoms with Crippen molar-refractivity contribution >= 4 is 44.6 Å². The van der Waals surface area contributed by atoms with Crippen molar-refractivity contribution in [2.45, 2.75) is 0 Å². The summed E-state index contributed by atoms with van der Waals surface area (Å²) >= 11 is 3.16. The first-order valence-electron chi connectivity index (χ1n) is 8.27. The fourth-order valence-electron chi connectivity index (χ4n) is 2.77. The summed E-state index contributed by atoms with van der Waals surface area (Å²) in [6.45, 7) is 0. The van der Waals surface area contributed by atoms with Crippen LogP contribution in [0.25, 0.3) is 22.4 Å². The SMILES string of the molecule is O=[N+]([O-])c1cc(C=Nc2ccc(O)c(-c3nc4ccccc4[nH]3)c2)ccc1Br. The number of nitrogens with zero attached hydrogens (tertiary/aromatic N) is 3. The maximum Gasteiger partial charge on any atom is 0.284 e. The number of nitro benzene ring substituents is 1. The third-order valence-corrected chi connectivity index (χ3v) is 4.82. The number of aromatic amines is 1. The van der Waals surface area contributed by atoms with E-state index in [-0.39, 0.29) is 11.4 Å². The lowest BCUT2D eigenvalue weighted by Gasteiger charge is -2.03. The number of phenolic OH excluding ortho intramolecular Hbond substituents is 1. The number of fused-ring (bicyclic) bond motifs is 1. The number of benzene rings is 3. The summed E-state index contributed by atoms with van der Waals surface area (Å²) in [5.74, 6) is 0.618. The van der Waals surface area contributed by atoms with E-state index in [1.165, 1.54) is 12.3 Å². The quantitative estimate of drug-likeness (QED) is 0.255. The molecule has 8 heteroatoms. The molecule has 2 N–H and O–H groups in total. The minimum Gasteiger partial charge on any atom is -0.507 e. The highest BCUT2D eigenvalue weighted by atomic mass is 79.9. The van der Waals surface area contributed by atoms with Crippen LogP contribution in [0, 0.1) is 10.1 Å². The Balaban J connectivity index is 1.68. The van der Waals surface area contributed by atoms with Gasteiger partial charge in [-0.2, -0.15) is 0 Å². The van der Waals surface area contributed by atoms with Gasteiger partial charge < -0.3 is 10.1 Å². The van der Waals surface area contributed by atoms with E-state index in [1.54, 1.807) is 30.3 Å². The van der Waals surface area contributed by atoms with Crippen molar-refractivity contribution in [3.05, 3.63) is 80.8 Å². The molecule has 0 fully saturated rings. The largest absolute Gasteiger partial charge is 0.507 e. The summed E-state index contributed by atoms with van der Waals surface area (Å²) < 4.78 is 0.409. The number of rotatable bonds is 4. The highest BCUT2D eigenvalue weighted by molar-refractivity contribution is 9.10. The molecule has 0 radical (unpaired) electrons. The summed E-state index contributed by atoms with van der Waals surface area (Å²) in [5, 5.41) is 21.3. The molecular weight excluding hydrogens is 424 g/mol. The lowest BCUT2D eigenvalue weighted by atomic mass is 10.1. The first kappa shape index (κ1) is 17.9. The van der Waals surface area contributed by atoms with Gasteiger partial charge in [0.15, 0.2) is 0 Å². The number of aromatic nitrogens is 2. The zero-order valence-electron chi connectivity index (χ0n) is 14.3. The van der Waals surface area contributed by atoms with Gasteiger partial charge in [0.05, 0.1) is 31.7 Å². The fourth-order valence-corrected chi connectivity index (χ4v) is 3.16. The molecular formula is C20H13BrN4O3. The topological polar surface area (TPSA) is 104 Å². The second-order valence-corrected chi connectivity index (χ2v) is 6.88. The normalized spacial score (nSPS) is 11.3. The van der Waals surface area contributed by atoms with Crippen molar-refractivity contribution in [2.24, 2.45) is 4.99 Å². The lowest BCUT2D eigenvalue weighted by Crippen LogP contribution is -1.91. The predicted molar refractivity (Wildman–Crippen MR) is 111 cm³/mol. The van der Waals surface area contributed by atoms with E-state index in [9.17, 15) is 15.2 Å². The number of hydrogen-bond acceptors (Lipinski definition) is 5. The molecule has 28 heavy (non-hydrogen) atoms. The van der Waals surface area contributed by atoms with Gasteiger partial charge in [-0.15, -0.1) is 0 Å². The van der Waals surface area contributed by atoms with Gasteiger partial charge in [-0.1, -0.05) is 18.2 Å². The number of aromatic hydroxyl groups is 1. The van der Waals surface area contributed by atoms with Gasteiger partial charge in [0.2, 0.25) is 0 Å². The van der Waals surface area contributed by atoms with Crippen molar-refractivity contribution in [2.75, 3.05) is 0 Å². The number of aliphatic imine (C=N–C) groups is 1. The highest BCUT2D eigenvalue weighted by Gasteiger charge is 2.12. The Kier molecular flexibility index (Phi) is 4.62. The molecule has 3 aromatic carbocycles. The molecule has 0 aliphatic heterocycles. The highest BCUT2D eigenvalue weighted by Crippen LogP contribution is 2.32. The molecule has 0 saturated heterocycles. The first-order chi connectivity index (χ1) is 13.5. The second kappa shape index (κ2) is 7.24. The molecule has 0 bridgehead atoms. The van der Waals surface area contributed by atoms with Crippen LogP contribution < -0.4 is 0 Å². The molecule has 4 aromatic rings. The molecule has 7 nitrogen and oxygen atoms in total. The molecule has 4 rings (SSSR count). The average Bonchev–Trinajstić information content (AvgIpc) is 3.12. The molecule has 0 spiro atoms. The number of halogens is 1. The summed E-state index contributed by atoms with van der Waals surface area (Å²) in [6.07, 6.45) is 1.54. The summed E-state index contributed by atoms with van der Waals surface area (Å²) in [4.78, 5) is 22.6. The maximum atomic E-state index is 11.1. The Labute approximate surface area is 167 Å². The Morgan fingerprint density at radius 3 is 2.75 bits per heavy atom. The zero-order valence-corrected chi connectivity index (χ0v) is 15.9. The Morgan fingerprint density at radius 1 is 1.14 bits per heavy atom. The molecule has 0 unspecified atom stereocenters. The molecule has 138 valence electrons. The molecule has 0 aliphatic carbocycles. The van der Waals surface area contributed by atoms with E-state index in [0.717, 1.165) is 11.0 Å². The van der Waals surface area contributed by atoms with Crippen LogP contribution in [0.4, 0.5) is 11.4 Å². The summed E-state index contributed by atoms with van der Waals surface area (Å²) in [5.41, 5.74) is 3.33. The van der Waals surface area contributed by atoms with Crippen molar-refractivity contribution in [1.29, 1.82) is 0 Å². The zero-order chi connectivity index (χ0) is 19.7. The molecule has 0 aliphatic rings. The first-order valence-corrected chi connectivity index (χ1v) is 9.07. The van der Waals surface area contributed by atoms with Crippen molar-refractivity contribution < 1.29 is 10.0 Å². The average molecular weight is 437 g/mol. The molecule has 0 atom stereocenters. The number of H-pyrrole nitrogens is 1. The van der Waals surface area contributed by atoms with E-state index in [2.05, 4.69) is 30.9 Å². The van der Waals surface area contributed by atoms with Crippen LogP contribution in [0.3, 0.4) is 0 Å². The number of hydrogen-bond donors (Lipinski definition) is 2. The molecule has 0 amide bonds. The maximum absolute atomic E-state index is 11.1. The number of nitrogens with one attached hydrogen (secondary N) is 1. The number of phenols is 1. The van der Waals surface area contributed by atoms with Crippen LogP contribution in [0.2, 0.25) is 0 Å². The Bertz CT molecular complexity index is 1200. The molecule has 1 heterocycles. The molecule has 0 saturated carbocycles. The fraction of sp³-hybridized carbons (Fsp3) is 0. The third-order valence-electron chi connectivity index (χ3n) is 4.15. The standard InChI is InChI=1S/C20H13BrN4O3/c21-15-7-5-12(9-18(15)25(27)28)11-22-13-6-8-19(26)14(10-13)20-23-16-3-1-2-4-17(16)24-20/h1-11,26H,(H,23,24). The Hall–Kier alpha value is -3.52. The number of imidazole rings is 1. The van der Waals surface area contributed by atoms with Gasteiger partial charge in [0.25, 0.3) is 5.69 Å². The van der Waals surface area contributed by atoms with Gasteiger partial charge in [-0.25, -0.2) is 4.98 Å². The number of para-hydroxylation sites is 2. The third kappa shape index (κ3) is 3.49. The van der Waals surface area contributed by atoms with E-state index in [0.29, 0.717) is 27.1 Å². The van der Waals surface area contributed by atoms with E-state index < -0.39 is 4.92 Å². The second-order valence-electron chi connectivity index (χ2n) is 6.03. The van der Waals surface area contributed by atoms with Crippen LogP contribution in [0.5, 0.6) is 5.75 Å². The van der Waals surface area contributed by atoms with Gasteiger partial charge in [0.1, 0.15) is 11.6 Å². The lowest BCUT2D eigenvalue weighted by molar-refractivity contribution is -0.385. The van der Waals surface area contributed by atoms with Crippen molar-refractivity contribution in [3.8, 4) is 17.1 Å². The number of nitro groups is 1. The van der Waals surface area contributed by atoms with Crippen LogP contribution >= 0.6 is 15.9 Å². The van der Waals surface area contributed by atoms with Crippen LogP contribution in [-0.2, 0) is 0 Å². The van der Waals surface area contributed by atoms with Crippen LogP contribution in [-0.4, -0.2) is 26.2 Å².